The second-order valence-corrected chi connectivity index (χ2v) is 7.13. The van der Waals surface area contributed by atoms with Crippen LogP contribution in [0.1, 0.15) is 40.5 Å². The topological polar surface area (TPSA) is 3.24 Å². The zero-order valence-corrected chi connectivity index (χ0v) is 14.8. The zero-order chi connectivity index (χ0) is 17.1. The zero-order valence-electron chi connectivity index (χ0n) is 14.8. The highest BCUT2D eigenvalue weighted by Gasteiger charge is 2.30. The van der Waals surface area contributed by atoms with Gasteiger partial charge in [-0.2, -0.15) is 0 Å². The minimum absolute atomic E-state index is 0.411. The van der Waals surface area contributed by atoms with E-state index in [1.807, 2.05) is 0 Å². The number of rotatable bonds is 2. The minimum atomic E-state index is 0.411. The van der Waals surface area contributed by atoms with Gasteiger partial charge in [0.2, 0.25) is 0 Å². The van der Waals surface area contributed by atoms with Gasteiger partial charge in [0.25, 0.3) is 0 Å². The molecule has 0 saturated heterocycles. The van der Waals surface area contributed by atoms with Gasteiger partial charge in [-0.3, -0.25) is 0 Å². The lowest BCUT2D eigenvalue weighted by Gasteiger charge is -2.35. The van der Waals surface area contributed by atoms with Crippen LogP contribution in [0.25, 0.3) is 0 Å². The van der Waals surface area contributed by atoms with Crippen molar-refractivity contribution in [2.75, 3.05) is 13.6 Å². The number of fused-ring (bicyclic) bond motifs is 1. The quantitative estimate of drug-likeness (QED) is 0.606. The van der Waals surface area contributed by atoms with Gasteiger partial charge < -0.3 is 4.90 Å². The number of benzene rings is 3. The molecule has 4 rings (SSSR count). The molecule has 1 heteroatoms. The molecule has 0 N–H and O–H groups in total. The van der Waals surface area contributed by atoms with E-state index in [1.54, 1.807) is 0 Å². The normalized spacial score (nSPS) is 21.2. The highest BCUT2D eigenvalue weighted by molar-refractivity contribution is 5.42. The van der Waals surface area contributed by atoms with Gasteiger partial charge in [0.1, 0.15) is 0 Å². The fraction of sp³-hybridized carbons (Fsp3) is 0.250. The average molecular weight is 327 g/mol. The van der Waals surface area contributed by atoms with Crippen LogP contribution in [0.2, 0.25) is 0 Å². The lowest BCUT2D eigenvalue weighted by Crippen LogP contribution is -2.27. The molecule has 1 nitrogen and oxygen atoms in total. The number of nitrogens with zero attached hydrogens (tertiary/aromatic N) is 1. The Kier molecular flexibility index (Phi) is 4.67. The van der Waals surface area contributed by atoms with Crippen molar-refractivity contribution in [1.82, 2.24) is 4.90 Å². The van der Waals surface area contributed by atoms with Crippen LogP contribution in [-0.2, 0) is 6.54 Å². The van der Waals surface area contributed by atoms with Crippen LogP contribution < -0.4 is 0 Å². The van der Waals surface area contributed by atoms with Crippen LogP contribution in [0, 0.1) is 0 Å². The molecule has 0 amide bonds. The van der Waals surface area contributed by atoms with Crippen molar-refractivity contribution in [3.63, 3.8) is 0 Å². The van der Waals surface area contributed by atoms with Crippen molar-refractivity contribution in [2.24, 2.45) is 0 Å². The van der Waals surface area contributed by atoms with Crippen molar-refractivity contribution >= 4 is 0 Å². The third-order valence-corrected chi connectivity index (χ3v) is 5.44. The molecule has 0 unspecified atom stereocenters. The Balaban J connectivity index is 1.89. The summed E-state index contributed by atoms with van der Waals surface area (Å²) < 4.78 is 0. The maximum Gasteiger partial charge on any atom is 0.0233 e. The molecule has 1 aliphatic rings. The highest BCUT2D eigenvalue weighted by Crippen LogP contribution is 2.43. The van der Waals surface area contributed by atoms with E-state index in [4.69, 9.17) is 0 Å². The molecule has 0 fully saturated rings. The van der Waals surface area contributed by atoms with Crippen LogP contribution >= 0.6 is 0 Å². The van der Waals surface area contributed by atoms with E-state index in [9.17, 15) is 0 Å². The second kappa shape index (κ2) is 7.25. The maximum absolute atomic E-state index is 2.45. The number of hydrogen-bond donors (Lipinski definition) is 0. The standard InChI is InChI=1S/C24H25N/c1-25-17-16-23(19-10-4-2-5-11-19)24(20-12-6-3-7-13-20)22-15-9-8-14-21(22)18-25/h2-15,23-24H,16-18H2,1H3/t23-,24-/m0/s1. The van der Waals surface area contributed by atoms with Gasteiger partial charge in [0.05, 0.1) is 0 Å². The Morgan fingerprint density at radius 1 is 0.720 bits per heavy atom. The second-order valence-electron chi connectivity index (χ2n) is 7.13. The predicted molar refractivity (Wildman–Crippen MR) is 105 cm³/mol. The smallest absolute Gasteiger partial charge is 0.0233 e. The van der Waals surface area contributed by atoms with Crippen molar-refractivity contribution in [3.8, 4) is 0 Å². The summed E-state index contributed by atoms with van der Waals surface area (Å²) in [6.45, 7) is 2.15. The van der Waals surface area contributed by atoms with Crippen molar-refractivity contribution in [2.45, 2.75) is 24.8 Å². The van der Waals surface area contributed by atoms with Gasteiger partial charge in [-0.25, -0.2) is 0 Å². The fourth-order valence-corrected chi connectivity index (χ4v) is 4.23. The van der Waals surface area contributed by atoms with Crippen LogP contribution in [-0.4, -0.2) is 18.5 Å². The number of hydrogen-bond acceptors (Lipinski definition) is 1. The third-order valence-electron chi connectivity index (χ3n) is 5.44. The molecular weight excluding hydrogens is 302 g/mol. The van der Waals surface area contributed by atoms with E-state index in [2.05, 4.69) is 96.9 Å². The lowest BCUT2D eigenvalue weighted by molar-refractivity contribution is 0.294. The predicted octanol–water partition coefficient (Wildman–Crippen LogP) is 5.44. The average Bonchev–Trinajstić information content (AvgIpc) is 2.66. The molecule has 1 aliphatic heterocycles. The monoisotopic (exact) mass is 327 g/mol. The van der Waals surface area contributed by atoms with Gasteiger partial charge in [0.15, 0.2) is 0 Å². The summed E-state index contributed by atoms with van der Waals surface area (Å²) in [6, 6.07) is 31.1. The molecule has 0 bridgehead atoms. The molecule has 0 aliphatic carbocycles. The highest BCUT2D eigenvalue weighted by atomic mass is 15.1. The molecule has 2 atom stereocenters. The molecule has 25 heavy (non-hydrogen) atoms. The summed E-state index contributed by atoms with van der Waals surface area (Å²) in [5.74, 6) is 0.904. The largest absolute Gasteiger partial charge is 0.302 e. The summed E-state index contributed by atoms with van der Waals surface area (Å²) in [6.07, 6.45) is 1.18. The van der Waals surface area contributed by atoms with E-state index in [0.717, 1.165) is 13.1 Å². The lowest BCUT2D eigenvalue weighted by atomic mass is 9.73. The molecule has 0 aromatic heterocycles. The Hall–Kier alpha value is -2.38. The van der Waals surface area contributed by atoms with Crippen molar-refractivity contribution in [1.29, 1.82) is 0 Å². The summed E-state index contributed by atoms with van der Waals surface area (Å²) in [4.78, 5) is 2.45. The molecule has 3 aromatic rings. The van der Waals surface area contributed by atoms with Crippen LogP contribution in [0.15, 0.2) is 84.9 Å². The summed E-state index contributed by atoms with van der Waals surface area (Å²) >= 11 is 0. The van der Waals surface area contributed by atoms with Gasteiger partial charge in [0, 0.05) is 12.5 Å². The van der Waals surface area contributed by atoms with E-state index in [-0.39, 0.29) is 0 Å². The van der Waals surface area contributed by atoms with E-state index in [1.165, 1.54) is 28.7 Å². The van der Waals surface area contributed by atoms with Crippen LogP contribution in [0.5, 0.6) is 0 Å². The van der Waals surface area contributed by atoms with Crippen LogP contribution in [0.3, 0.4) is 0 Å². The van der Waals surface area contributed by atoms with E-state index >= 15 is 0 Å². The first kappa shape index (κ1) is 16.1. The Morgan fingerprint density at radius 2 is 1.32 bits per heavy atom. The minimum Gasteiger partial charge on any atom is -0.302 e. The van der Waals surface area contributed by atoms with Gasteiger partial charge in [-0.15, -0.1) is 0 Å². The van der Waals surface area contributed by atoms with Crippen molar-refractivity contribution in [3.05, 3.63) is 107 Å². The first-order chi connectivity index (χ1) is 12.3. The fourth-order valence-electron chi connectivity index (χ4n) is 4.23. The molecule has 0 radical (unpaired) electrons. The molecule has 126 valence electrons. The first-order valence-corrected chi connectivity index (χ1v) is 9.19. The summed E-state index contributed by atoms with van der Waals surface area (Å²) in [5, 5.41) is 0. The maximum atomic E-state index is 2.45. The molecular formula is C24H25N. The molecule has 0 spiro atoms. The Labute approximate surface area is 150 Å². The SMILES string of the molecule is CN1CC[C@@H](c2ccccc2)[C@@H](c2ccccc2)c2ccccc2C1. The van der Waals surface area contributed by atoms with E-state index < -0.39 is 0 Å². The van der Waals surface area contributed by atoms with Gasteiger partial charge >= 0.3 is 0 Å². The van der Waals surface area contributed by atoms with Gasteiger partial charge in [-0.05, 0) is 48.2 Å². The summed E-state index contributed by atoms with van der Waals surface area (Å²) in [5.41, 5.74) is 5.81. The van der Waals surface area contributed by atoms with Gasteiger partial charge in [-0.1, -0.05) is 84.9 Å². The van der Waals surface area contributed by atoms with E-state index in [0.29, 0.717) is 11.8 Å². The third kappa shape index (κ3) is 3.38. The Morgan fingerprint density at radius 3 is 2.04 bits per heavy atom. The van der Waals surface area contributed by atoms with Crippen molar-refractivity contribution < 1.29 is 0 Å². The molecule has 3 aromatic carbocycles. The summed E-state index contributed by atoms with van der Waals surface area (Å²) in [7, 11) is 2.24. The Bertz CT molecular complexity index is 810. The molecule has 0 saturated carbocycles. The molecule has 1 heterocycles. The first-order valence-electron chi connectivity index (χ1n) is 9.19. The van der Waals surface area contributed by atoms with Crippen LogP contribution in [0.4, 0.5) is 0 Å².